The van der Waals surface area contributed by atoms with Crippen molar-refractivity contribution in [1.82, 2.24) is 14.8 Å². The summed E-state index contributed by atoms with van der Waals surface area (Å²) in [4.78, 5) is 20.7. The number of benzene rings is 2. The maximum Gasteiger partial charge on any atom is 0.416 e. The van der Waals surface area contributed by atoms with Gasteiger partial charge in [-0.05, 0) is 54.1 Å². The first-order valence-electron chi connectivity index (χ1n) is 12.3. The molecular weight excluding hydrogens is 495 g/mol. The number of likely N-dealkylation sites (N-methyl/N-ethyl adjacent to an activating group) is 1. The minimum atomic E-state index is -4.54. The number of nitrogens with one attached hydrogen (secondary N) is 1. The van der Waals surface area contributed by atoms with Crippen LogP contribution < -0.4 is 10.1 Å². The Morgan fingerprint density at radius 3 is 2.45 bits per heavy atom. The molecule has 2 aromatic carbocycles. The number of nitrogens with zero attached hydrogens (tertiary/aromatic N) is 4. The van der Waals surface area contributed by atoms with Gasteiger partial charge in [0.1, 0.15) is 17.5 Å². The van der Waals surface area contributed by atoms with Crippen LogP contribution in [0.5, 0.6) is 5.75 Å². The second kappa shape index (κ2) is 12.1. The number of piperazine rings is 1. The Morgan fingerprint density at radius 2 is 1.79 bits per heavy atom. The molecule has 1 saturated heterocycles. The molecule has 0 radical (unpaired) electrons. The fourth-order valence-corrected chi connectivity index (χ4v) is 4.36. The Bertz CT molecular complexity index is 1300. The summed E-state index contributed by atoms with van der Waals surface area (Å²) >= 11 is 0. The smallest absolute Gasteiger partial charge is 0.416 e. The van der Waals surface area contributed by atoms with Gasteiger partial charge in [0.15, 0.2) is 6.61 Å². The van der Waals surface area contributed by atoms with E-state index in [9.17, 15) is 23.2 Å². The van der Waals surface area contributed by atoms with Gasteiger partial charge in [-0.25, -0.2) is 4.98 Å². The lowest BCUT2D eigenvalue weighted by Crippen LogP contribution is -2.45. The monoisotopic (exact) mass is 523 g/mol. The van der Waals surface area contributed by atoms with Crippen LogP contribution in [0.1, 0.15) is 23.7 Å². The van der Waals surface area contributed by atoms with Gasteiger partial charge in [0.05, 0.1) is 5.56 Å². The molecule has 0 aliphatic carbocycles. The Balaban J connectivity index is 1.36. The molecule has 1 aromatic heterocycles. The summed E-state index contributed by atoms with van der Waals surface area (Å²) in [5.74, 6) is -0.175. The van der Waals surface area contributed by atoms with E-state index in [1.54, 1.807) is 36.4 Å². The second-order valence-corrected chi connectivity index (χ2v) is 8.95. The third-order valence-electron chi connectivity index (χ3n) is 6.45. The maximum absolute atomic E-state index is 13.8. The Morgan fingerprint density at radius 1 is 1.08 bits per heavy atom. The van der Waals surface area contributed by atoms with Gasteiger partial charge in [0, 0.05) is 50.2 Å². The van der Waals surface area contributed by atoms with Gasteiger partial charge in [-0.15, -0.1) is 0 Å². The van der Waals surface area contributed by atoms with Gasteiger partial charge in [0.2, 0.25) is 0 Å². The highest BCUT2D eigenvalue weighted by Crippen LogP contribution is 2.34. The zero-order chi connectivity index (χ0) is 27.1. The highest BCUT2D eigenvalue weighted by molar-refractivity contribution is 5.92. The van der Waals surface area contributed by atoms with E-state index in [1.807, 2.05) is 11.0 Å². The van der Waals surface area contributed by atoms with Crippen molar-refractivity contribution in [2.75, 3.05) is 44.6 Å². The third-order valence-corrected chi connectivity index (χ3v) is 6.45. The number of rotatable bonds is 8. The Kier molecular flexibility index (Phi) is 8.61. The lowest BCUT2D eigenvalue weighted by molar-refractivity contribution is -0.138. The maximum atomic E-state index is 13.8. The van der Waals surface area contributed by atoms with E-state index in [-0.39, 0.29) is 24.4 Å². The largest absolute Gasteiger partial charge is 0.484 e. The number of alkyl halides is 3. The quantitative estimate of drug-likeness (QED) is 0.457. The van der Waals surface area contributed by atoms with E-state index in [4.69, 9.17) is 4.74 Å². The van der Waals surface area contributed by atoms with Gasteiger partial charge in [-0.3, -0.25) is 9.69 Å². The van der Waals surface area contributed by atoms with Crippen molar-refractivity contribution in [2.24, 2.45) is 0 Å². The molecule has 2 heterocycles. The lowest BCUT2D eigenvalue weighted by Gasteiger charge is -2.34. The third kappa shape index (κ3) is 6.88. The summed E-state index contributed by atoms with van der Waals surface area (Å²) in [5, 5.41) is 11.7. The summed E-state index contributed by atoms with van der Waals surface area (Å²) < 4.78 is 47.0. The molecule has 38 heavy (non-hydrogen) atoms. The zero-order valence-electron chi connectivity index (χ0n) is 21.0. The van der Waals surface area contributed by atoms with Gasteiger partial charge < -0.3 is 15.0 Å². The summed E-state index contributed by atoms with van der Waals surface area (Å²) in [6.45, 7) is 5.92. The molecule has 1 amide bonds. The molecule has 10 heteroatoms. The number of hydrogen-bond acceptors (Lipinski definition) is 6. The molecule has 4 rings (SSSR count). The summed E-state index contributed by atoms with van der Waals surface area (Å²) in [6, 6.07) is 16.2. The highest BCUT2D eigenvalue weighted by Gasteiger charge is 2.34. The number of anilines is 1. The molecule has 1 aliphatic heterocycles. The number of halogens is 3. The minimum absolute atomic E-state index is 0.0569. The average Bonchev–Trinajstić information content (AvgIpc) is 2.93. The van der Waals surface area contributed by atoms with Crippen molar-refractivity contribution in [3.63, 3.8) is 0 Å². The number of aromatic nitrogens is 1. The first-order chi connectivity index (χ1) is 18.3. The molecule has 0 bridgehead atoms. The molecule has 7 nitrogen and oxygen atoms in total. The van der Waals surface area contributed by atoms with Crippen molar-refractivity contribution < 1.29 is 22.7 Å². The molecule has 1 aliphatic rings. The summed E-state index contributed by atoms with van der Waals surface area (Å²) in [5.41, 5.74) is 1.22. The van der Waals surface area contributed by atoms with Gasteiger partial charge in [-0.1, -0.05) is 25.1 Å². The molecule has 0 spiro atoms. The van der Waals surface area contributed by atoms with Crippen molar-refractivity contribution in [1.29, 1.82) is 5.26 Å². The standard InChI is InChI=1S/C28H28F3N5O2/c1-2-35-12-14-36(15-13-35)18-21-5-8-22(16-25(21)28(29,30)31)34-27(37)19-38-23-9-6-20(7-10-23)24-4-3-11-33-26(24)17-32/h3-11,16H,2,12-15,18-19H2,1H3,(H,34,37). The first-order valence-corrected chi connectivity index (χ1v) is 12.3. The fourth-order valence-electron chi connectivity index (χ4n) is 4.36. The Labute approximate surface area is 219 Å². The fraction of sp³-hybridized carbons (Fsp3) is 0.321. The molecule has 0 saturated carbocycles. The van der Waals surface area contributed by atoms with Crippen LogP contribution in [0.3, 0.4) is 0 Å². The van der Waals surface area contributed by atoms with Crippen LogP contribution in [0.15, 0.2) is 60.8 Å². The first kappa shape index (κ1) is 27.1. The van der Waals surface area contributed by atoms with Gasteiger partial charge >= 0.3 is 6.18 Å². The SMILES string of the molecule is CCN1CCN(Cc2ccc(NC(=O)COc3ccc(-c4cccnc4C#N)cc3)cc2C(F)(F)F)CC1. The van der Waals surface area contributed by atoms with Crippen LogP contribution in [-0.2, 0) is 17.5 Å². The van der Waals surface area contributed by atoms with Crippen molar-refractivity contribution in [3.8, 4) is 22.9 Å². The van der Waals surface area contributed by atoms with E-state index in [0.29, 0.717) is 30.1 Å². The summed E-state index contributed by atoms with van der Waals surface area (Å²) in [6.07, 6.45) is -3.00. The summed E-state index contributed by atoms with van der Waals surface area (Å²) in [7, 11) is 0. The van der Waals surface area contributed by atoms with Crippen LogP contribution in [0.2, 0.25) is 0 Å². The lowest BCUT2D eigenvalue weighted by atomic mass is 10.0. The van der Waals surface area contributed by atoms with E-state index in [2.05, 4.69) is 22.1 Å². The van der Waals surface area contributed by atoms with Crippen LogP contribution in [0.4, 0.5) is 18.9 Å². The normalized spacial score (nSPS) is 14.6. The molecule has 1 fully saturated rings. The number of hydrogen-bond donors (Lipinski definition) is 1. The second-order valence-electron chi connectivity index (χ2n) is 8.95. The van der Waals surface area contributed by atoms with Crippen molar-refractivity contribution in [2.45, 2.75) is 19.6 Å². The van der Waals surface area contributed by atoms with Gasteiger partial charge in [-0.2, -0.15) is 18.4 Å². The van der Waals surface area contributed by atoms with E-state index in [1.165, 1.54) is 18.3 Å². The predicted octanol–water partition coefficient (Wildman–Crippen LogP) is 4.79. The predicted molar refractivity (Wildman–Crippen MR) is 137 cm³/mol. The molecule has 0 atom stereocenters. The molecule has 198 valence electrons. The van der Waals surface area contributed by atoms with E-state index < -0.39 is 17.6 Å². The molecular formula is C28H28F3N5O2. The van der Waals surface area contributed by atoms with Crippen LogP contribution in [0.25, 0.3) is 11.1 Å². The molecule has 3 aromatic rings. The minimum Gasteiger partial charge on any atom is -0.484 e. The number of pyridine rings is 1. The number of carbonyl (C=O) groups is 1. The number of carbonyl (C=O) groups excluding carboxylic acids is 1. The van der Waals surface area contributed by atoms with Gasteiger partial charge in [0.25, 0.3) is 5.91 Å². The number of nitriles is 1. The Hall–Kier alpha value is -3.94. The van der Waals surface area contributed by atoms with Crippen molar-refractivity contribution in [3.05, 3.63) is 77.6 Å². The topological polar surface area (TPSA) is 81.5 Å². The highest BCUT2D eigenvalue weighted by atomic mass is 19.4. The van der Waals surface area contributed by atoms with E-state index in [0.717, 1.165) is 31.3 Å². The average molecular weight is 524 g/mol. The zero-order valence-corrected chi connectivity index (χ0v) is 21.0. The van der Waals surface area contributed by atoms with E-state index >= 15 is 0 Å². The number of amides is 1. The van der Waals surface area contributed by atoms with Crippen LogP contribution >= 0.6 is 0 Å². The van der Waals surface area contributed by atoms with Crippen LogP contribution in [0, 0.1) is 11.3 Å². The molecule has 1 N–H and O–H groups in total. The van der Waals surface area contributed by atoms with Crippen LogP contribution in [-0.4, -0.2) is 60.0 Å². The molecule has 0 unspecified atom stereocenters. The number of ether oxygens (including phenoxy) is 1. The van der Waals surface area contributed by atoms with Crippen molar-refractivity contribution >= 4 is 11.6 Å².